The second-order valence-electron chi connectivity index (χ2n) is 5.36. The first-order valence-corrected chi connectivity index (χ1v) is 9.65. The van der Waals surface area contributed by atoms with Gasteiger partial charge in [-0.1, -0.05) is 11.8 Å². The molecule has 1 aliphatic carbocycles. The molecule has 0 fully saturated rings. The van der Waals surface area contributed by atoms with E-state index < -0.39 is 0 Å². The summed E-state index contributed by atoms with van der Waals surface area (Å²) in [5.41, 5.74) is 1.38. The lowest BCUT2D eigenvalue weighted by Crippen LogP contribution is -2.31. The highest BCUT2D eigenvalue weighted by molar-refractivity contribution is 7.98. The Hall–Kier alpha value is -0.890. The molecule has 7 heteroatoms. The first kappa shape index (κ1) is 16.0. The number of aliphatic hydroxyl groups is 2. The summed E-state index contributed by atoms with van der Waals surface area (Å²) in [6.45, 7) is 1.05. The van der Waals surface area contributed by atoms with E-state index in [4.69, 9.17) is 4.98 Å². The van der Waals surface area contributed by atoms with Crippen LogP contribution >= 0.6 is 23.1 Å². The van der Waals surface area contributed by atoms with E-state index >= 15 is 0 Å². The minimum atomic E-state index is 0.0480. The van der Waals surface area contributed by atoms with Crippen LogP contribution in [0.1, 0.15) is 23.3 Å². The summed E-state index contributed by atoms with van der Waals surface area (Å²) in [6, 6.07) is 0. The van der Waals surface area contributed by atoms with Gasteiger partial charge in [-0.15, -0.1) is 11.3 Å². The summed E-state index contributed by atoms with van der Waals surface area (Å²) in [7, 11) is 0. The van der Waals surface area contributed by atoms with E-state index in [0.717, 1.165) is 34.0 Å². The Labute approximate surface area is 138 Å². The zero-order valence-corrected chi connectivity index (χ0v) is 14.3. The minimum Gasteiger partial charge on any atom is -0.395 e. The molecule has 0 radical (unpaired) electrons. The molecule has 1 aliphatic rings. The molecular weight excluding hydrogens is 318 g/mol. The fourth-order valence-corrected chi connectivity index (χ4v) is 4.68. The zero-order chi connectivity index (χ0) is 15.5. The second kappa shape index (κ2) is 7.12. The number of rotatable bonds is 6. The molecule has 0 aromatic carbocycles. The van der Waals surface area contributed by atoms with E-state index in [1.165, 1.54) is 35.0 Å². The molecule has 120 valence electrons. The second-order valence-corrected chi connectivity index (χ2v) is 7.22. The Morgan fingerprint density at radius 2 is 1.86 bits per heavy atom. The van der Waals surface area contributed by atoms with Crippen molar-refractivity contribution in [2.45, 2.75) is 30.8 Å². The van der Waals surface area contributed by atoms with Gasteiger partial charge in [-0.2, -0.15) is 0 Å². The summed E-state index contributed by atoms with van der Waals surface area (Å²) in [6.07, 6.45) is 6.64. The Morgan fingerprint density at radius 3 is 2.55 bits per heavy atom. The van der Waals surface area contributed by atoms with E-state index in [1.54, 1.807) is 11.3 Å². The molecule has 0 saturated carbocycles. The quantitative estimate of drug-likeness (QED) is 0.620. The normalized spacial score (nSPS) is 14.3. The van der Waals surface area contributed by atoms with E-state index in [9.17, 15) is 10.2 Å². The van der Waals surface area contributed by atoms with Gasteiger partial charge < -0.3 is 15.1 Å². The van der Waals surface area contributed by atoms with Crippen LogP contribution in [0, 0.1) is 0 Å². The molecular formula is C15H21N3O2S2. The summed E-state index contributed by atoms with van der Waals surface area (Å²) in [5.74, 6) is 0.872. The maximum Gasteiger partial charge on any atom is 0.190 e. The lowest BCUT2D eigenvalue weighted by atomic mass is 9.97. The van der Waals surface area contributed by atoms with Gasteiger partial charge in [0.25, 0.3) is 0 Å². The number of hydrogen-bond donors (Lipinski definition) is 2. The van der Waals surface area contributed by atoms with Gasteiger partial charge >= 0.3 is 0 Å². The number of aromatic nitrogens is 2. The molecule has 2 aromatic rings. The van der Waals surface area contributed by atoms with Crippen LogP contribution in [0.5, 0.6) is 0 Å². The third-order valence-corrected chi connectivity index (χ3v) is 5.73. The predicted octanol–water partition coefficient (Wildman–Crippen LogP) is 2.08. The van der Waals surface area contributed by atoms with Gasteiger partial charge in [0.1, 0.15) is 10.6 Å². The highest BCUT2D eigenvalue weighted by atomic mass is 32.2. The minimum absolute atomic E-state index is 0.0480. The molecule has 2 aromatic heterocycles. The number of hydrogen-bond acceptors (Lipinski definition) is 7. The average molecular weight is 339 g/mol. The van der Waals surface area contributed by atoms with Crippen LogP contribution in [-0.2, 0) is 12.8 Å². The number of aryl methyl sites for hydroxylation is 2. The molecule has 2 N–H and O–H groups in total. The maximum absolute atomic E-state index is 9.34. The Bertz CT molecular complexity index is 654. The van der Waals surface area contributed by atoms with Crippen LogP contribution < -0.4 is 4.90 Å². The van der Waals surface area contributed by atoms with Crippen molar-refractivity contribution in [2.24, 2.45) is 0 Å². The summed E-state index contributed by atoms with van der Waals surface area (Å²) in [5, 5.41) is 20.6. The van der Waals surface area contributed by atoms with E-state index in [2.05, 4.69) is 4.98 Å². The molecule has 5 nitrogen and oxygen atoms in total. The monoisotopic (exact) mass is 339 g/mol. The molecule has 0 spiro atoms. The number of fused-ring (bicyclic) bond motifs is 3. The number of thioether (sulfide) groups is 1. The Kier molecular flexibility index (Phi) is 5.18. The van der Waals surface area contributed by atoms with Crippen molar-refractivity contribution in [1.82, 2.24) is 9.97 Å². The van der Waals surface area contributed by atoms with Gasteiger partial charge in [-0.3, -0.25) is 0 Å². The number of aliphatic hydroxyl groups excluding tert-OH is 2. The van der Waals surface area contributed by atoms with Gasteiger partial charge in [0.2, 0.25) is 0 Å². The van der Waals surface area contributed by atoms with Gasteiger partial charge in [-0.05, 0) is 37.5 Å². The van der Waals surface area contributed by atoms with Crippen LogP contribution in [0.4, 0.5) is 5.82 Å². The molecule has 0 unspecified atom stereocenters. The smallest absolute Gasteiger partial charge is 0.190 e. The van der Waals surface area contributed by atoms with Gasteiger partial charge in [0.05, 0.1) is 18.6 Å². The lowest BCUT2D eigenvalue weighted by Gasteiger charge is -2.23. The zero-order valence-electron chi connectivity index (χ0n) is 12.7. The number of anilines is 1. The third kappa shape index (κ3) is 2.95. The Balaban J connectivity index is 2.18. The van der Waals surface area contributed by atoms with Crippen molar-refractivity contribution in [1.29, 1.82) is 0 Å². The van der Waals surface area contributed by atoms with Crippen molar-refractivity contribution < 1.29 is 10.2 Å². The van der Waals surface area contributed by atoms with Crippen molar-refractivity contribution in [3.05, 3.63) is 10.4 Å². The van der Waals surface area contributed by atoms with E-state index in [1.807, 2.05) is 11.2 Å². The summed E-state index contributed by atoms with van der Waals surface area (Å²) >= 11 is 3.31. The third-order valence-electron chi connectivity index (χ3n) is 4.00. The molecule has 2 heterocycles. The van der Waals surface area contributed by atoms with Gasteiger partial charge in [-0.25, -0.2) is 9.97 Å². The molecule has 0 amide bonds. The molecule has 0 bridgehead atoms. The summed E-state index contributed by atoms with van der Waals surface area (Å²) < 4.78 is 0. The lowest BCUT2D eigenvalue weighted by molar-refractivity contribution is 0.280. The van der Waals surface area contributed by atoms with Crippen molar-refractivity contribution >= 4 is 39.1 Å². The average Bonchev–Trinajstić information content (AvgIpc) is 2.92. The van der Waals surface area contributed by atoms with Crippen LogP contribution in [0.3, 0.4) is 0 Å². The SMILES string of the molecule is CSc1nc(N(CCO)CCO)c2c3c(sc2n1)CCCC3. The first-order valence-electron chi connectivity index (χ1n) is 7.61. The van der Waals surface area contributed by atoms with Crippen LogP contribution in [0.15, 0.2) is 5.16 Å². The fraction of sp³-hybridized carbons (Fsp3) is 0.600. The fourth-order valence-electron chi connectivity index (χ4n) is 3.00. The first-order chi connectivity index (χ1) is 10.8. The van der Waals surface area contributed by atoms with Crippen LogP contribution in [0.2, 0.25) is 0 Å². The molecule has 22 heavy (non-hydrogen) atoms. The highest BCUT2D eigenvalue weighted by Gasteiger charge is 2.23. The van der Waals surface area contributed by atoms with Gasteiger partial charge in [0, 0.05) is 18.0 Å². The van der Waals surface area contributed by atoms with Crippen molar-refractivity contribution in [3.63, 3.8) is 0 Å². The van der Waals surface area contributed by atoms with E-state index in [-0.39, 0.29) is 13.2 Å². The van der Waals surface area contributed by atoms with E-state index in [0.29, 0.717) is 13.1 Å². The standard InChI is InChI=1S/C15H21N3O2S2/c1-21-15-16-13(18(6-8-19)7-9-20)12-10-4-2-3-5-11(10)22-14(12)17-15/h19-20H,2-9H2,1H3. The molecule has 0 saturated heterocycles. The molecule has 0 aliphatic heterocycles. The predicted molar refractivity (Wildman–Crippen MR) is 92.2 cm³/mol. The van der Waals surface area contributed by atoms with Gasteiger partial charge in [0.15, 0.2) is 5.16 Å². The van der Waals surface area contributed by atoms with Crippen molar-refractivity contribution in [2.75, 3.05) is 37.5 Å². The Morgan fingerprint density at radius 1 is 1.14 bits per heavy atom. The highest BCUT2D eigenvalue weighted by Crippen LogP contribution is 2.40. The summed E-state index contributed by atoms with van der Waals surface area (Å²) in [4.78, 5) is 13.8. The topological polar surface area (TPSA) is 69.5 Å². The number of nitrogens with zero attached hydrogens (tertiary/aromatic N) is 3. The number of thiophene rings is 1. The van der Waals surface area contributed by atoms with Crippen LogP contribution in [0.25, 0.3) is 10.2 Å². The maximum atomic E-state index is 9.34. The molecule has 3 rings (SSSR count). The largest absolute Gasteiger partial charge is 0.395 e. The molecule has 0 atom stereocenters. The van der Waals surface area contributed by atoms with Crippen LogP contribution in [-0.4, -0.2) is 52.7 Å². The van der Waals surface area contributed by atoms with Crippen molar-refractivity contribution in [3.8, 4) is 0 Å².